The second kappa shape index (κ2) is 12.9. The number of aromatic nitrogens is 4. The number of aliphatic carboxylic acids is 1. The first-order valence-electron chi connectivity index (χ1n) is 9.96. The Labute approximate surface area is 249 Å². The zero-order valence-corrected chi connectivity index (χ0v) is 24.5. The van der Waals surface area contributed by atoms with E-state index in [0.717, 1.165) is 28.0 Å². The van der Waals surface area contributed by atoms with Gasteiger partial charge in [0.15, 0.2) is 16.0 Å². The number of nitrogens with one attached hydrogen (secondary N) is 2. The van der Waals surface area contributed by atoms with Gasteiger partial charge in [-0.25, -0.2) is 9.78 Å². The van der Waals surface area contributed by atoms with Crippen molar-refractivity contribution in [2.24, 2.45) is 12.2 Å². The first-order chi connectivity index (χ1) is 17.1. The maximum absolute atomic E-state index is 12.9. The van der Waals surface area contributed by atoms with Crippen molar-refractivity contribution in [2.75, 3.05) is 24.3 Å². The number of fused-ring (bicyclic) bond motifs is 1. The van der Waals surface area contributed by atoms with E-state index in [2.05, 4.69) is 25.5 Å². The summed E-state index contributed by atoms with van der Waals surface area (Å²) in [6.07, 6.45) is 0. The molecule has 2 atom stereocenters. The SMILES string of the molecule is CO/N=C(\C(=O)N[C@@H]1C(=O)N2C(C(=O)O)=C(CSc3nc(=O)c(=O)[nH]n3C)CS[C@H]12)c1csc(N)n1.O.[H-].[Na+]. The molecule has 0 bridgehead atoms. The predicted molar refractivity (Wildman–Crippen MR) is 135 cm³/mol. The summed E-state index contributed by atoms with van der Waals surface area (Å²) < 4.78 is 1.25. The second-order valence-corrected chi connectivity index (χ2v) is 10.2. The van der Waals surface area contributed by atoms with Gasteiger partial charge in [-0.3, -0.25) is 33.9 Å². The topological polar surface area (TPSA) is 246 Å². The van der Waals surface area contributed by atoms with Gasteiger partial charge < -0.3 is 27.9 Å². The summed E-state index contributed by atoms with van der Waals surface area (Å²) in [5, 5.41) is 19.6. The number of carboxylic acid groups (broad SMARTS) is 1. The van der Waals surface area contributed by atoms with Gasteiger partial charge in [0.05, 0.1) is 0 Å². The Morgan fingerprint density at radius 2 is 2.11 bits per heavy atom. The first kappa shape index (κ1) is 31.5. The van der Waals surface area contributed by atoms with Crippen molar-refractivity contribution in [2.45, 2.75) is 16.6 Å². The summed E-state index contributed by atoms with van der Waals surface area (Å²) in [5.41, 5.74) is 4.00. The molecule has 2 aliphatic rings. The Morgan fingerprint density at radius 1 is 1.39 bits per heavy atom. The van der Waals surface area contributed by atoms with E-state index in [1.807, 2.05) is 0 Å². The summed E-state index contributed by atoms with van der Waals surface area (Å²) in [6, 6.07) is -0.995. The van der Waals surface area contributed by atoms with E-state index in [1.54, 1.807) is 0 Å². The maximum atomic E-state index is 12.9. The summed E-state index contributed by atoms with van der Waals surface area (Å²) in [5.74, 6) is -2.30. The summed E-state index contributed by atoms with van der Waals surface area (Å²) in [7, 11) is 2.74. The van der Waals surface area contributed by atoms with E-state index in [-0.39, 0.29) is 75.4 Å². The van der Waals surface area contributed by atoms with E-state index >= 15 is 0 Å². The van der Waals surface area contributed by atoms with Gasteiger partial charge in [-0.1, -0.05) is 16.9 Å². The van der Waals surface area contributed by atoms with Crippen molar-refractivity contribution < 1.29 is 60.8 Å². The van der Waals surface area contributed by atoms with Gasteiger partial charge in [-0.2, -0.15) is 4.98 Å². The number of carboxylic acids is 1. The predicted octanol–water partition coefficient (Wildman–Crippen LogP) is -5.32. The number of hydrogen-bond donors (Lipinski definition) is 4. The molecule has 1 fully saturated rings. The van der Waals surface area contributed by atoms with Crippen LogP contribution in [0.25, 0.3) is 0 Å². The van der Waals surface area contributed by atoms with Crippen LogP contribution in [0.4, 0.5) is 5.13 Å². The Balaban J connectivity index is 0.00000253. The third kappa shape index (κ3) is 6.14. The number of β-lactam (4-membered cyclic amide) rings is 1. The molecule has 2 aromatic rings. The molecule has 2 amide bonds. The average Bonchev–Trinajstić information content (AvgIpc) is 3.27. The molecule has 38 heavy (non-hydrogen) atoms. The van der Waals surface area contributed by atoms with Crippen molar-refractivity contribution >= 4 is 63.5 Å². The number of aromatic amines is 1. The van der Waals surface area contributed by atoms with Gasteiger partial charge in [0.25, 0.3) is 11.8 Å². The van der Waals surface area contributed by atoms with Crippen molar-refractivity contribution in [1.29, 1.82) is 0 Å². The number of thiazole rings is 1. The number of amides is 2. The van der Waals surface area contributed by atoms with Crippen LogP contribution >= 0.6 is 34.9 Å². The molecule has 200 valence electrons. The van der Waals surface area contributed by atoms with Crippen LogP contribution in [-0.4, -0.2) is 88.8 Å². The molecule has 2 aliphatic heterocycles. The smallest absolute Gasteiger partial charge is 1.00 e. The number of oxime groups is 1. The fourth-order valence-corrected chi connectivity index (χ4v) is 6.39. The number of H-pyrrole nitrogens is 1. The molecule has 0 aromatic carbocycles. The average molecular weight is 597 g/mol. The van der Waals surface area contributed by atoms with Crippen molar-refractivity contribution in [1.82, 2.24) is 30.0 Å². The minimum absolute atomic E-state index is 0. The third-order valence-electron chi connectivity index (χ3n) is 5.02. The number of anilines is 1. The van der Waals surface area contributed by atoms with Crippen molar-refractivity contribution in [3.8, 4) is 0 Å². The first-order valence-corrected chi connectivity index (χ1v) is 12.9. The van der Waals surface area contributed by atoms with Crippen LogP contribution in [0.5, 0.6) is 0 Å². The molecule has 0 spiro atoms. The van der Waals surface area contributed by atoms with Gasteiger partial charge in [-0.05, 0) is 5.57 Å². The standard InChI is InChI=1S/C18H18N8O7S3.Na.H2O.H/c1-25-18(22-12(28)13(29)23-25)36-4-6-3-34-15-9(14(30)26(15)10(6)16(31)32)21-11(27)8(24-33-2)7-5-35-17(19)20-7;;;/h5,9,15H,3-4H2,1-2H3,(H2,19,20)(H,21,27)(H,23,29)(H,31,32);;1H2;/q;+1;;-1/b24-8-;;;/t9-,15-;;;/m1.../s1. The van der Waals surface area contributed by atoms with Crippen LogP contribution in [0.3, 0.4) is 0 Å². The largest absolute Gasteiger partial charge is 1.00 e. The van der Waals surface area contributed by atoms with E-state index in [9.17, 15) is 29.1 Å². The van der Waals surface area contributed by atoms with E-state index in [0.29, 0.717) is 5.57 Å². The minimum atomic E-state index is -1.31. The third-order valence-corrected chi connectivity index (χ3v) is 8.15. The summed E-state index contributed by atoms with van der Waals surface area (Å²) in [4.78, 5) is 74.3. The van der Waals surface area contributed by atoms with Crippen LogP contribution in [0.1, 0.15) is 7.12 Å². The van der Waals surface area contributed by atoms with Crippen LogP contribution in [0.2, 0.25) is 0 Å². The fraction of sp³-hybridized carbons (Fsp3) is 0.333. The number of nitrogens with two attached hydrogens (primary N) is 1. The van der Waals surface area contributed by atoms with Gasteiger partial charge in [0.1, 0.15) is 29.9 Å². The molecule has 4 heterocycles. The van der Waals surface area contributed by atoms with Crippen LogP contribution < -0.4 is 51.7 Å². The molecule has 0 aliphatic carbocycles. The summed E-state index contributed by atoms with van der Waals surface area (Å²) >= 11 is 3.41. The second-order valence-electron chi connectivity index (χ2n) is 7.30. The number of carbonyl (C=O) groups is 3. The quantitative estimate of drug-likeness (QED) is 0.0557. The Hall–Kier alpha value is -2.68. The number of rotatable bonds is 8. The number of nitrogen functional groups attached to an aromatic ring is 1. The van der Waals surface area contributed by atoms with Gasteiger partial charge in [0.2, 0.25) is 0 Å². The minimum Gasteiger partial charge on any atom is -1.00 e. The molecule has 2 aromatic heterocycles. The number of hydrogen-bond acceptors (Lipinski definition) is 13. The molecular weight excluding hydrogens is 575 g/mol. The normalized spacial score (nSPS) is 18.5. The summed E-state index contributed by atoms with van der Waals surface area (Å²) in [6.45, 7) is 0. The molecule has 0 radical (unpaired) electrons. The maximum Gasteiger partial charge on any atom is 1.00 e. The van der Waals surface area contributed by atoms with E-state index in [1.165, 1.54) is 36.0 Å². The number of carbonyl (C=O) groups excluding carboxylic acids is 2. The molecule has 7 N–H and O–H groups in total. The van der Waals surface area contributed by atoms with E-state index < -0.39 is 40.3 Å². The zero-order chi connectivity index (χ0) is 26.1. The van der Waals surface area contributed by atoms with Crippen molar-refractivity contribution in [3.63, 3.8) is 0 Å². The molecule has 0 saturated carbocycles. The molecule has 1 saturated heterocycles. The zero-order valence-electron chi connectivity index (χ0n) is 21.1. The van der Waals surface area contributed by atoms with Crippen LogP contribution in [-0.2, 0) is 26.3 Å². The number of aryl methyl sites for hydroxylation is 1. The van der Waals surface area contributed by atoms with Gasteiger partial charge in [0, 0.05) is 23.9 Å². The van der Waals surface area contributed by atoms with Crippen molar-refractivity contribution in [3.05, 3.63) is 43.1 Å². The monoisotopic (exact) mass is 596 g/mol. The van der Waals surface area contributed by atoms with Gasteiger partial charge >= 0.3 is 46.6 Å². The Kier molecular flexibility index (Phi) is 10.7. The Bertz CT molecular complexity index is 1440. The number of thioether (sulfide) groups is 2. The molecule has 20 heteroatoms. The van der Waals surface area contributed by atoms with E-state index in [4.69, 9.17) is 10.6 Å². The molecule has 0 unspecified atom stereocenters. The molecule has 4 rings (SSSR count). The fourth-order valence-electron chi connectivity index (χ4n) is 3.44. The van der Waals surface area contributed by atoms with Gasteiger partial charge in [-0.15, -0.1) is 23.1 Å². The van der Waals surface area contributed by atoms with Crippen LogP contribution in [0, 0.1) is 0 Å². The molecule has 16 nitrogen and oxygen atoms in total. The number of nitrogens with zero attached hydrogens (tertiary/aromatic N) is 5. The van der Waals surface area contributed by atoms with Crippen LogP contribution in [0.15, 0.2) is 36.6 Å². The molecular formula is C18H21N8NaO8S3. The Morgan fingerprint density at radius 3 is 2.71 bits per heavy atom.